The molecular formula is C19H28Cl2N4O. The number of piperazine rings is 1. The molecule has 2 heterocycles. The van der Waals surface area contributed by atoms with E-state index in [9.17, 15) is 4.79 Å². The Morgan fingerprint density at radius 1 is 1.12 bits per heavy atom. The molecule has 0 saturated carbocycles. The highest BCUT2D eigenvalue weighted by molar-refractivity contribution is 6.43. The quantitative estimate of drug-likeness (QED) is 0.825. The first kappa shape index (κ1) is 19.7. The fourth-order valence-electron chi connectivity index (χ4n) is 3.87. The first-order chi connectivity index (χ1) is 12.5. The Morgan fingerprint density at radius 3 is 2.46 bits per heavy atom. The van der Waals surface area contributed by atoms with Crippen LogP contribution < -0.4 is 10.3 Å². The van der Waals surface area contributed by atoms with Crippen LogP contribution in [0, 0.1) is 5.92 Å². The molecule has 0 aliphatic carbocycles. The summed E-state index contributed by atoms with van der Waals surface area (Å²) >= 11 is 12.5. The molecule has 0 atom stereocenters. The van der Waals surface area contributed by atoms with Crippen molar-refractivity contribution in [2.75, 3.05) is 50.7 Å². The van der Waals surface area contributed by atoms with Crippen LogP contribution in [0.3, 0.4) is 0 Å². The third-order valence-electron chi connectivity index (χ3n) is 5.43. The van der Waals surface area contributed by atoms with E-state index in [2.05, 4.69) is 15.2 Å². The summed E-state index contributed by atoms with van der Waals surface area (Å²) in [6.45, 7) is 8.75. The summed E-state index contributed by atoms with van der Waals surface area (Å²) in [7, 11) is 0. The van der Waals surface area contributed by atoms with Gasteiger partial charge in [-0.3, -0.25) is 15.1 Å². The van der Waals surface area contributed by atoms with Gasteiger partial charge in [0, 0.05) is 46.2 Å². The Kier molecular flexibility index (Phi) is 7.04. The first-order valence-corrected chi connectivity index (χ1v) is 10.2. The molecule has 0 unspecified atom stereocenters. The molecule has 0 aromatic heterocycles. The number of halogens is 2. The smallest absolute Gasteiger partial charge is 0.231 e. The Labute approximate surface area is 166 Å². The number of piperidine rings is 1. The van der Waals surface area contributed by atoms with E-state index in [0.29, 0.717) is 10.0 Å². The number of hydrogen-bond acceptors (Lipinski definition) is 4. The summed E-state index contributed by atoms with van der Waals surface area (Å²) in [5, 5.41) is 3.33. The molecule has 3 rings (SSSR count). The molecule has 7 heteroatoms. The second-order valence-electron chi connectivity index (χ2n) is 7.29. The van der Waals surface area contributed by atoms with Crippen molar-refractivity contribution in [3.8, 4) is 0 Å². The van der Waals surface area contributed by atoms with Gasteiger partial charge in [0.2, 0.25) is 5.91 Å². The highest BCUT2D eigenvalue weighted by Crippen LogP contribution is 2.33. The van der Waals surface area contributed by atoms with E-state index in [4.69, 9.17) is 23.2 Å². The van der Waals surface area contributed by atoms with Gasteiger partial charge in [-0.25, -0.2) is 5.01 Å². The van der Waals surface area contributed by atoms with Crippen LogP contribution in [0.4, 0.5) is 5.69 Å². The van der Waals surface area contributed by atoms with Crippen LogP contribution >= 0.6 is 23.2 Å². The molecule has 2 aliphatic heterocycles. The number of anilines is 1. The molecule has 0 bridgehead atoms. The molecule has 5 nitrogen and oxygen atoms in total. The molecule has 0 spiro atoms. The second kappa shape index (κ2) is 9.27. The van der Waals surface area contributed by atoms with Gasteiger partial charge in [-0.05, 0) is 43.9 Å². The molecule has 0 radical (unpaired) electrons. The predicted molar refractivity (Wildman–Crippen MR) is 108 cm³/mol. The molecule has 26 heavy (non-hydrogen) atoms. The van der Waals surface area contributed by atoms with Gasteiger partial charge in [0.05, 0.1) is 15.7 Å². The fourth-order valence-corrected chi connectivity index (χ4v) is 4.29. The normalized spacial score (nSPS) is 20.3. The number of benzene rings is 1. The van der Waals surface area contributed by atoms with Crippen LogP contribution in [0.5, 0.6) is 0 Å². The minimum atomic E-state index is 0.0288. The maximum absolute atomic E-state index is 11.1. The predicted octanol–water partition coefficient (Wildman–Crippen LogP) is 3.27. The Bertz CT molecular complexity index is 612. The monoisotopic (exact) mass is 398 g/mol. The van der Waals surface area contributed by atoms with Crippen molar-refractivity contribution in [2.24, 2.45) is 5.92 Å². The molecule has 1 N–H and O–H groups in total. The molecule has 1 amide bonds. The number of carbonyl (C=O) groups is 1. The molecule has 144 valence electrons. The minimum absolute atomic E-state index is 0.0288. The highest BCUT2D eigenvalue weighted by atomic mass is 35.5. The van der Waals surface area contributed by atoms with E-state index in [1.165, 1.54) is 19.3 Å². The minimum Gasteiger partial charge on any atom is -0.368 e. The van der Waals surface area contributed by atoms with Gasteiger partial charge < -0.3 is 4.90 Å². The lowest BCUT2D eigenvalue weighted by atomic mass is 9.94. The van der Waals surface area contributed by atoms with Crippen LogP contribution in [-0.2, 0) is 4.79 Å². The second-order valence-corrected chi connectivity index (χ2v) is 8.07. The summed E-state index contributed by atoms with van der Waals surface area (Å²) in [6.07, 6.45) is 3.57. The number of carbonyl (C=O) groups excluding carboxylic acids is 1. The van der Waals surface area contributed by atoms with Crippen LogP contribution in [0.15, 0.2) is 18.2 Å². The van der Waals surface area contributed by atoms with Crippen LogP contribution in [0.25, 0.3) is 0 Å². The van der Waals surface area contributed by atoms with Gasteiger partial charge in [0.1, 0.15) is 0 Å². The van der Waals surface area contributed by atoms with Crippen molar-refractivity contribution in [3.63, 3.8) is 0 Å². The largest absolute Gasteiger partial charge is 0.368 e. The maximum atomic E-state index is 11.1. The number of hydrazine groups is 1. The average Bonchev–Trinajstić information content (AvgIpc) is 2.63. The topological polar surface area (TPSA) is 38.8 Å². The Balaban J connectivity index is 1.38. The maximum Gasteiger partial charge on any atom is 0.231 e. The van der Waals surface area contributed by atoms with Crippen molar-refractivity contribution in [1.82, 2.24) is 15.3 Å². The zero-order chi connectivity index (χ0) is 18.5. The van der Waals surface area contributed by atoms with Crippen molar-refractivity contribution in [2.45, 2.75) is 26.2 Å². The third kappa shape index (κ3) is 5.26. The molecule has 2 fully saturated rings. The summed E-state index contributed by atoms with van der Waals surface area (Å²) in [5.74, 6) is 0.793. The molecule has 2 saturated heterocycles. The Hall–Kier alpha value is -1.01. The lowest BCUT2D eigenvalue weighted by Crippen LogP contribution is -2.48. The van der Waals surface area contributed by atoms with E-state index < -0.39 is 0 Å². The summed E-state index contributed by atoms with van der Waals surface area (Å²) < 4.78 is 0. The zero-order valence-electron chi connectivity index (χ0n) is 15.4. The first-order valence-electron chi connectivity index (χ1n) is 9.46. The van der Waals surface area contributed by atoms with Crippen molar-refractivity contribution in [1.29, 1.82) is 0 Å². The van der Waals surface area contributed by atoms with E-state index in [1.54, 1.807) is 6.92 Å². The lowest BCUT2D eigenvalue weighted by molar-refractivity contribution is -0.124. The Morgan fingerprint density at radius 2 is 1.81 bits per heavy atom. The molecule has 1 aromatic rings. The number of nitrogens with one attached hydrogen (secondary N) is 1. The fraction of sp³-hybridized carbons (Fsp3) is 0.632. The zero-order valence-corrected chi connectivity index (χ0v) is 16.9. The van der Waals surface area contributed by atoms with Gasteiger partial charge in [-0.2, -0.15) is 0 Å². The number of rotatable bonds is 5. The molecule has 2 aliphatic rings. The SMILES string of the molecule is CC(=O)NN1CCC(CCN2CCN(c3cccc(Cl)c3Cl)CC2)CC1. The van der Waals surface area contributed by atoms with Gasteiger partial charge in [0.25, 0.3) is 0 Å². The number of hydrogen-bond donors (Lipinski definition) is 1. The summed E-state index contributed by atoms with van der Waals surface area (Å²) in [4.78, 5) is 16.0. The van der Waals surface area contributed by atoms with E-state index >= 15 is 0 Å². The van der Waals surface area contributed by atoms with Crippen LogP contribution in [0.1, 0.15) is 26.2 Å². The molecular weight excluding hydrogens is 371 g/mol. The van der Waals surface area contributed by atoms with Crippen LogP contribution in [-0.4, -0.2) is 61.6 Å². The number of amides is 1. The standard InChI is InChI=1S/C19H28Cl2N4O/c1-15(26)22-25-9-6-16(7-10-25)5-8-23-11-13-24(14-12-23)18-4-2-3-17(20)19(18)21/h2-4,16H,5-14H2,1H3,(H,22,26). The van der Waals surface area contributed by atoms with E-state index in [1.807, 2.05) is 23.2 Å². The van der Waals surface area contributed by atoms with Gasteiger partial charge >= 0.3 is 0 Å². The summed E-state index contributed by atoms with van der Waals surface area (Å²) in [5.41, 5.74) is 3.94. The average molecular weight is 399 g/mol. The van der Waals surface area contributed by atoms with Gasteiger partial charge in [-0.1, -0.05) is 29.3 Å². The highest BCUT2D eigenvalue weighted by Gasteiger charge is 2.23. The van der Waals surface area contributed by atoms with Crippen molar-refractivity contribution < 1.29 is 4.79 Å². The van der Waals surface area contributed by atoms with E-state index in [0.717, 1.165) is 57.4 Å². The lowest BCUT2D eigenvalue weighted by Gasteiger charge is -2.38. The van der Waals surface area contributed by atoms with Crippen molar-refractivity contribution in [3.05, 3.63) is 28.2 Å². The van der Waals surface area contributed by atoms with Gasteiger partial charge in [-0.15, -0.1) is 0 Å². The third-order valence-corrected chi connectivity index (χ3v) is 6.24. The summed E-state index contributed by atoms with van der Waals surface area (Å²) in [6, 6.07) is 5.84. The van der Waals surface area contributed by atoms with E-state index in [-0.39, 0.29) is 5.91 Å². The van der Waals surface area contributed by atoms with Gasteiger partial charge in [0.15, 0.2) is 0 Å². The number of nitrogens with zero attached hydrogens (tertiary/aromatic N) is 3. The van der Waals surface area contributed by atoms with Crippen molar-refractivity contribution >= 4 is 34.8 Å². The molecule has 1 aromatic carbocycles. The van der Waals surface area contributed by atoms with Crippen LogP contribution in [0.2, 0.25) is 10.0 Å².